The Morgan fingerprint density at radius 3 is 2.39 bits per heavy atom. The molecule has 0 saturated heterocycles. The second kappa shape index (κ2) is 6.23. The number of carboxylic acid groups (broad SMARTS) is 1. The predicted molar refractivity (Wildman–Crippen MR) is 72.3 cm³/mol. The van der Waals surface area contributed by atoms with Gasteiger partial charge in [-0.1, -0.05) is 24.3 Å². The number of hydrogen-bond donors (Lipinski definition) is 1. The van der Waals surface area contributed by atoms with Gasteiger partial charge in [-0.15, -0.1) is 0 Å². The van der Waals surface area contributed by atoms with Gasteiger partial charge in [0.1, 0.15) is 5.75 Å². The maximum absolute atomic E-state index is 10.9. The van der Waals surface area contributed by atoms with Crippen LogP contribution >= 0.6 is 0 Å². The SMILES string of the molecule is COc1ccc2cc([C@@H](C)C(=O)O)ccc2c1.[Na]. The fourth-order valence-corrected chi connectivity index (χ4v) is 1.78. The zero-order chi connectivity index (χ0) is 12.4. The third kappa shape index (κ3) is 3.05. The maximum Gasteiger partial charge on any atom is 0.310 e. The molecule has 0 spiro atoms. The van der Waals surface area contributed by atoms with E-state index in [0.717, 1.165) is 22.1 Å². The Bertz CT molecular complexity index is 566. The summed E-state index contributed by atoms with van der Waals surface area (Å²) in [6.07, 6.45) is 0. The minimum atomic E-state index is -0.808. The Labute approximate surface area is 128 Å². The molecule has 4 heteroatoms. The van der Waals surface area contributed by atoms with Crippen molar-refractivity contribution in [3.63, 3.8) is 0 Å². The zero-order valence-electron chi connectivity index (χ0n) is 10.8. The quantitative estimate of drug-likeness (QED) is 0.855. The molecule has 0 aliphatic heterocycles. The van der Waals surface area contributed by atoms with E-state index < -0.39 is 11.9 Å². The second-order valence-corrected chi connectivity index (χ2v) is 4.03. The molecule has 3 nitrogen and oxygen atoms in total. The number of fused-ring (bicyclic) bond motifs is 1. The van der Waals surface area contributed by atoms with Crippen molar-refractivity contribution in [2.45, 2.75) is 12.8 Å². The van der Waals surface area contributed by atoms with E-state index in [1.807, 2.05) is 36.4 Å². The minimum absolute atomic E-state index is 0. The largest absolute Gasteiger partial charge is 0.497 e. The van der Waals surface area contributed by atoms with Gasteiger partial charge in [-0.2, -0.15) is 0 Å². The van der Waals surface area contributed by atoms with E-state index in [1.165, 1.54) is 0 Å². The van der Waals surface area contributed by atoms with Crippen molar-refractivity contribution in [3.8, 4) is 5.75 Å². The molecule has 0 amide bonds. The van der Waals surface area contributed by atoms with Crippen molar-refractivity contribution in [2.75, 3.05) is 7.11 Å². The molecule has 2 rings (SSSR count). The molecule has 0 unspecified atom stereocenters. The minimum Gasteiger partial charge on any atom is -0.497 e. The summed E-state index contributed by atoms with van der Waals surface area (Å²) in [6.45, 7) is 1.69. The third-order valence-corrected chi connectivity index (χ3v) is 2.94. The summed E-state index contributed by atoms with van der Waals surface area (Å²) in [5.74, 6) is -0.490. The van der Waals surface area contributed by atoms with Crippen molar-refractivity contribution in [3.05, 3.63) is 42.0 Å². The monoisotopic (exact) mass is 253 g/mol. The maximum atomic E-state index is 10.9. The topological polar surface area (TPSA) is 46.5 Å². The molecule has 0 aromatic heterocycles. The van der Waals surface area contributed by atoms with Crippen LogP contribution in [0.3, 0.4) is 0 Å². The first-order valence-electron chi connectivity index (χ1n) is 5.42. The zero-order valence-corrected chi connectivity index (χ0v) is 12.8. The summed E-state index contributed by atoms with van der Waals surface area (Å²) >= 11 is 0. The van der Waals surface area contributed by atoms with Crippen LogP contribution in [0.1, 0.15) is 18.4 Å². The number of benzene rings is 2. The molecule has 0 saturated carbocycles. The molecule has 89 valence electrons. The van der Waals surface area contributed by atoms with Crippen molar-refractivity contribution >= 4 is 46.3 Å². The Kier molecular flexibility index (Phi) is 5.20. The van der Waals surface area contributed by atoms with Crippen molar-refractivity contribution in [1.29, 1.82) is 0 Å². The van der Waals surface area contributed by atoms with Crippen LogP contribution in [-0.2, 0) is 4.79 Å². The number of aliphatic carboxylic acids is 1. The van der Waals surface area contributed by atoms with E-state index in [4.69, 9.17) is 9.84 Å². The Morgan fingerprint density at radius 1 is 1.17 bits per heavy atom. The van der Waals surface area contributed by atoms with Crippen LogP contribution in [0.2, 0.25) is 0 Å². The summed E-state index contributed by atoms with van der Waals surface area (Å²) in [5.41, 5.74) is 0.815. The average molecular weight is 253 g/mol. The first kappa shape index (κ1) is 15.0. The van der Waals surface area contributed by atoms with E-state index in [-0.39, 0.29) is 29.6 Å². The molecule has 2 aromatic rings. The smallest absolute Gasteiger partial charge is 0.310 e. The van der Waals surface area contributed by atoms with E-state index in [1.54, 1.807) is 14.0 Å². The molecule has 0 bridgehead atoms. The third-order valence-electron chi connectivity index (χ3n) is 2.94. The number of methoxy groups -OCH3 is 1. The average Bonchev–Trinajstić information content (AvgIpc) is 2.36. The predicted octanol–water partition coefficient (Wildman–Crippen LogP) is 2.66. The van der Waals surface area contributed by atoms with Gasteiger partial charge in [0.25, 0.3) is 0 Å². The number of carbonyl (C=O) groups is 1. The van der Waals surface area contributed by atoms with Gasteiger partial charge in [0.15, 0.2) is 0 Å². The molecule has 0 fully saturated rings. The number of ether oxygens (including phenoxy) is 1. The molecular weight excluding hydrogens is 239 g/mol. The van der Waals surface area contributed by atoms with Gasteiger partial charge in [0.05, 0.1) is 13.0 Å². The van der Waals surface area contributed by atoms with Crippen molar-refractivity contribution in [2.24, 2.45) is 0 Å². The Hall–Kier alpha value is -1.03. The van der Waals surface area contributed by atoms with Gasteiger partial charge in [-0.3, -0.25) is 4.79 Å². The number of carboxylic acids is 1. The molecule has 18 heavy (non-hydrogen) atoms. The van der Waals surface area contributed by atoms with Gasteiger partial charge < -0.3 is 9.84 Å². The van der Waals surface area contributed by atoms with Crippen LogP contribution in [-0.4, -0.2) is 47.7 Å². The fourth-order valence-electron chi connectivity index (χ4n) is 1.78. The van der Waals surface area contributed by atoms with Gasteiger partial charge in [-0.25, -0.2) is 0 Å². The normalized spacial score (nSPS) is 11.7. The van der Waals surface area contributed by atoms with Crippen LogP contribution in [0.4, 0.5) is 0 Å². The molecule has 0 aliphatic rings. The second-order valence-electron chi connectivity index (χ2n) is 4.03. The Morgan fingerprint density at radius 2 is 1.78 bits per heavy atom. The molecule has 0 heterocycles. The van der Waals surface area contributed by atoms with Crippen LogP contribution in [0.25, 0.3) is 10.8 Å². The van der Waals surface area contributed by atoms with E-state index in [0.29, 0.717) is 0 Å². The van der Waals surface area contributed by atoms with Gasteiger partial charge in [0, 0.05) is 29.6 Å². The van der Waals surface area contributed by atoms with Crippen molar-refractivity contribution < 1.29 is 14.6 Å². The standard InChI is InChI=1S/C14H14O3.Na/c1-9(14(15)16)10-3-4-12-8-13(17-2)6-5-11(12)7-10;/h3-9H,1-2H3,(H,15,16);/t9-;/m1./s1. The summed E-state index contributed by atoms with van der Waals surface area (Å²) in [5, 5.41) is 11.0. The summed E-state index contributed by atoms with van der Waals surface area (Å²) in [6, 6.07) is 11.4. The van der Waals surface area contributed by atoms with Gasteiger partial charge >= 0.3 is 5.97 Å². The summed E-state index contributed by atoms with van der Waals surface area (Å²) in [4.78, 5) is 10.9. The van der Waals surface area contributed by atoms with E-state index in [9.17, 15) is 4.79 Å². The Balaban J connectivity index is 0.00000162. The fraction of sp³-hybridized carbons (Fsp3) is 0.214. The van der Waals surface area contributed by atoms with Crippen LogP contribution in [0, 0.1) is 0 Å². The van der Waals surface area contributed by atoms with E-state index in [2.05, 4.69) is 0 Å². The first-order valence-corrected chi connectivity index (χ1v) is 5.42. The first-order chi connectivity index (χ1) is 8.11. The molecular formula is C14H14NaO3. The molecule has 0 aliphatic carbocycles. The van der Waals surface area contributed by atoms with Crippen LogP contribution < -0.4 is 4.74 Å². The summed E-state index contributed by atoms with van der Waals surface area (Å²) < 4.78 is 5.14. The molecule has 1 N–H and O–H groups in total. The molecule has 1 radical (unpaired) electrons. The van der Waals surface area contributed by atoms with Crippen molar-refractivity contribution in [1.82, 2.24) is 0 Å². The van der Waals surface area contributed by atoms with Crippen LogP contribution in [0.5, 0.6) is 5.75 Å². The molecule has 1 atom stereocenters. The number of rotatable bonds is 3. The summed E-state index contributed by atoms with van der Waals surface area (Å²) in [7, 11) is 1.63. The number of hydrogen-bond acceptors (Lipinski definition) is 2. The van der Waals surface area contributed by atoms with E-state index >= 15 is 0 Å². The van der Waals surface area contributed by atoms with Gasteiger partial charge in [0.2, 0.25) is 0 Å². The van der Waals surface area contributed by atoms with Gasteiger partial charge in [-0.05, 0) is 35.4 Å². The molecule has 2 aromatic carbocycles. The van der Waals surface area contributed by atoms with Crippen LogP contribution in [0.15, 0.2) is 36.4 Å².